The first kappa shape index (κ1) is 22.7. The van der Waals surface area contributed by atoms with Crippen molar-refractivity contribution in [1.29, 1.82) is 0 Å². The molecule has 0 aliphatic rings. The Hall–Kier alpha value is 5.51. The summed E-state index contributed by atoms with van der Waals surface area (Å²) in [5.41, 5.74) is 0. The number of rotatable bonds is 0. The summed E-state index contributed by atoms with van der Waals surface area (Å²) in [5, 5.41) is 0. The van der Waals surface area contributed by atoms with E-state index in [1.807, 2.05) is 0 Å². The van der Waals surface area contributed by atoms with Gasteiger partial charge in [-0.15, -0.1) is 0 Å². The van der Waals surface area contributed by atoms with Crippen LogP contribution < -0.4 is 0 Å². The molecule has 0 nitrogen and oxygen atoms in total. The minimum atomic E-state index is 0. The van der Waals surface area contributed by atoms with Crippen LogP contribution in [0.2, 0.25) is 0 Å². The molecule has 0 aromatic carbocycles. The summed E-state index contributed by atoms with van der Waals surface area (Å²) >= 11 is 0. The predicted molar refractivity (Wildman–Crippen MR) is 0 cm³/mol. The van der Waals surface area contributed by atoms with E-state index in [9.17, 15) is 0 Å². The van der Waals surface area contributed by atoms with E-state index < -0.39 is 0 Å². The Morgan fingerprint density at radius 1 is 0.750 bits per heavy atom. The standard InChI is InChI=1S/Lu.Tm.2Yb. The van der Waals surface area contributed by atoms with E-state index in [1.54, 1.807) is 0 Å². The molecule has 0 aliphatic carbocycles. The Bertz CT molecular complexity index is 6.00. The van der Waals surface area contributed by atoms with Crippen molar-refractivity contribution in [2.45, 2.75) is 0 Å². The van der Waals surface area contributed by atoms with Gasteiger partial charge >= 0.3 is 0 Å². The minimum Gasteiger partial charge on any atom is 0 e. The largest absolute Gasteiger partial charge is 0 e. The topological polar surface area (TPSA) is 0 Å². The normalized spacial score (nSPS) is 0. The molecule has 0 N–H and O–H groups in total. The fraction of sp³-hybridized carbons (Fsp3) is 0. The van der Waals surface area contributed by atoms with Crippen LogP contribution in [0.3, 0.4) is 0 Å². The Labute approximate surface area is 161 Å². The molecular weight excluding hydrogens is 690 g/mol. The maximum Gasteiger partial charge on any atom is 0 e. The predicted octanol–water partition coefficient (Wildman–Crippen LogP) is 0. The number of hydrogen-bond donors (Lipinski definition) is 0. The number of hydrogen-bond acceptors (Lipinski definition) is 0. The monoisotopic (exact) mass is 692 g/mol. The van der Waals surface area contributed by atoms with Gasteiger partial charge < -0.3 is 0 Å². The fourth-order valence-electron chi connectivity index (χ4n) is 0. The van der Waals surface area contributed by atoms with Crippen LogP contribution >= 0.6 is 0 Å². The summed E-state index contributed by atoms with van der Waals surface area (Å²) in [6, 6.07) is 0. The van der Waals surface area contributed by atoms with E-state index in [-0.39, 0.29) is 168 Å². The Balaban J connectivity index is 0. The maximum atomic E-state index is 0. The molecule has 0 heterocycles. The summed E-state index contributed by atoms with van der Waals surface area (Å²) in [6.07, 6.45) is 0. The van der Waals surface area contributed by atoms with E-state index in [4.69, 9.17) is 0 Å². The molecule has 0 aliphatic heterocycles. The van der Waals surface area contributed by atoms with Gasteiger partial charge in [0, 0.05) is 168 Å². The average molecular weight is 690 g/mol. The second-order valence-corrected chi connectivity index (χ2v) is 0. The van der Waals surface area contributed by atoms with Gasteiger partial charge in [-0.2, -0.15) is 0 Å². The van der Waals surface area contributed by atoms with Gasteiger partial charge in [0.15, 0.2) is 0 Å². The van der Waals surface area contributed by atoms with Crippen molar-refractivity contribution in [3.05, 3.63) is 0 Å². The summed E-state index contributed by atoms with van der Waals surface area (Å²) in [7, 11) is 0. The molecule has 0 fully saturated rings. The second kappa shape index (κ2) is 15.8. The minimum absolute atomic E-state index is 0. The van der Waals surface area contributed by atoms with Crippen LogP contribution in [0.15, 0.2) is 0 Å². The van der Waals surface area contributed by atoms with Crippen LogP contribution in [-0.2, 0) is 0 Å². The molecule has 0 saturated carbocycles. The van der Waals surface area contributed by atoms with Crippen molar-refractivity contribution in [2.24, 2.45) is 0 Å². The first-order valence-corrected chi connectivity index (χ1v) is 0. The molecule has 4 heteroatoms. The summed E-state index contributed by atoms with van der Waals surface area (Å²) in [6.45, 7) is 0. The molecule has 0 rings (SSSR count). The maximum absolute atomic E-state index is 0. The van der Waals surface area contributed by atoms with Gasteiger partial charge in [0.1, 0.15) is 0 Å². The van der Waals surface area contributed by atoms with Crippen molar-refractivity contribution in [1.82, 2.24) is 0 Å². The van der Waals surface area contributed by atoms with Crippen LogP contribution in [0.25, 0.3) is 0 Å². The zero-order valence-corrected chi connectivity index (χ0v) is 7.94. The quantitative estimate of drug-likeness (QED) is 0.337. The van der Waals surface area contributed by atoms with Crippen molar-refractivity contribution in [2.75, 3.05) is 0 Å². The van der Waals surface area contributed by atoms with Crippen LogP contribution in [0, 0.1) is 168 Å². The van der Waals surface area contributed by atoms with Gasteiger partial charge in [-0.25, -0.2) is 0 Å². The van der Waals surface area contributed by atoms with Crippen molar-refractivity contribution >= 4 is 0 Å². The SMILES string of the molecule is [Lu].[Tm].[Yb].[Yb]. The summed E-state index contributed by atoms with van der Waals surface area (Å²) < 4.78 is 0. The van der Waals surface area contributed by atoms with Crippen molar-refractivity contribution in [3.8, 4) is 0 Å². The molecule has 2 radical (unpaired) electrons. The van der Waals surface area contributed by atoms with Crippen LogP contribution in [0.5, 0.6) is 0 Å². The van der Waals surface area contributed by atoms with E-state index in [1.165, 1.54) is 0 Å². The van der Waals surface area contributed by atoms with Gasteiger partial charge in [0.05, 0.1) is 0 Å². The van der Waals surface area contributed by atoms with Gasteiger partial charge in [-0.1, -0.05) is 0 Å². The van der Waals surface area contributed by atoms with Crippen molar-refractivity contribution < 1.29 is 168 Å². The van der Waals surface area contributed by atoms with Gasteiger partial charge in [0.25, 0.3) is 0 Å². The zero-order valence-electron chi connectivity index (χ0n) is 1.07. The second-order valence-electron chi connectivity index (χ2n) is 0. The first-order valence-electron chi connectivity index (χ1n) is 0. The Morgan fingerprint density at radius 3 is 0.750 bits per heavy atom. The molecule has 56 valence electrons. The van der Waals surface area contributed by atoms with Crippen LogP contribution in [0.1, 0.15) is 0 Å². The Kier molecular flexibility index (Phi) is 89.7. The van der Waals surface area contributed by atoms with Crippen LogP contribution in [-0.4, -0.2) is 0 Å². The molecule has 0 unspecified atom stereocenters. The Morgan fingerprint density at radius 2 is 0.750 bits per heavy atom. The summed E-state index contributed by atoms with van der Waals surface area (Å²) in [4.78, 5) is 0. The van der Waals surface area contributed by atoms with E-state index in [0.717, 1.165) is 0 Å². The first-order chi connectivity index (χ1) is 0. The van der Waals surface area contributed by atoms with Gasteiger partial charge in [0.2, 0.25) is 0 Å². The molecule has 0 bridgehead atoms. The molecule has 4 heavy (non-hydrogen) atoms. The van der Waals surface area contributed by atoms with E-state index >= 15 is 0 Å². The van der Waals surface area contributed by atoms with Gasteiger partial charge in [-0.3, -0.25) is 0 Å². The average Bonchev–Trinajstić information content (AvgIpc) is 0. The molecule has 0 aromatic heterocycles. The zero-order chi connectivity index (χ0) is 0. The molecule has 0 spiro atoms. The third-order valence-electron chi connectivity index (χ3n) is 0. The third-order valence-corrected chi connectivity index (χ3v) is 0. The smallest absolute Gasteiger partial charge is 0 e. The van der Waals surface area contributed by atoms with E-state index in [2.05, 4.69) is 0 Å². The molecule has 0 saturated heterocycles. The molecule has 0 amide bonds. The molecule has 0 atom stereocenters. The van der Waals surface area contributed by atoms with Crippen molar-refractivity contribution in [3.63, 3.8) is 0 Å². The van der Waals surface area contributed by atoms with E-state index in [0.29, 0.717) is 0 Å². The van der Waals surface area contributed by atoms with Gasteiger partial charge in [-0.05, 0) is 0 Å². The summed E-state index contributed by atoms with van der Waals surface area (Å²) in [5.74, 6) is 0. The fourth-order valence-corrected chi connectivity index (χ4v) is 0. The third kappa shape index (κ3) is 10.5. The molecule has 0 aromatic rings. The van der Waals surface area contributed by atoms with Crippen LogP contribution in [0.4, 0.5) is 0 Å². The molecular formula is LuTmYb2.